The van der Waals surface area contributed by atoms with Crippen molar-refractivity contribution >= 4 is 52.1 Å². The second-order valence-corrected chi connectivity index (χ2v) is 10.6. The van der Waals surface area contributed by atoms with Gasteiger partial charge in [0.2, 0.25) is 0 Å². The van der Waals surface area contributed by atoms with Crippen molar-refractivity contribution in [2.75, 3.05) is 25.5 Å². The zero-order chi connectivity index (χ0) is 31.2. The number of nitrogens with one attached hydrogen (secondary N) is 2. The maximum atomic E-state index is 13.8. The van der Waals surface area contributed by atoms with Gasteiger partial charge in [0.1, 0.15) is 18.2 Å². The highest BCUT2D eigenvalue weighted by Gasteiger charge is 2.35. The molecule has 226 valence electrons. The summed E-state index contributed by atoms with van der Waals surface area (Å²) in [6, 6.07) is 19.0. The van der Waals surface area contributed by atoms with E-state index in [2.05, 4.69) is 15.6 Å². The average Bonchev–Trinajstić information content (AvgIpc) is 3.27. The van der Waals surface area contributed by atoms with Crippen LogP contribution in [-0.2, 0) is 11.3 Å². The van der Waals surface area contributed by atoms with E-state index in [1.807, 2.05) is 24.3 Å². The second kappa shape index (κ2) is 13.5. The quantitative estimate of drug-likeness (QED) is 0.215. The summed E-state index contributed by atoms with van der Waals surface area (Å²) >= 11 is 6.02. The zero-order valence-electron chi connectivity index (χ0n) is 23.8. The minimum Gasteiger partial charge on any atom is -0.447 e. The fraction of sp³-hybridized carbons (Fsp3) is 0.219. The fourth-order valence-electron chi connectivity index (χ4n) is 4.93. The van der Waals surface area contributed by atoms with Crippen molar-refractivity contribution in [2.24, 2.45) is 0 Å². The summed E-state index contributed by atoms with van der Waals surface area (Å²) in [5, 5.41) is 7.01. The molecule has 0 saturated heterocycles. The first-order valence-electron chi connectivity index (χ1n) is 13.9. The Bertz CT molecular complexity index is 1700. The number of hydrogen-bond acceptors (Lipinski definition) is 6. The lowest BCUT2D eigenvalue weighted by molar-refractivity contribution is 0.0644. The molecule has 5 amide bonds. The van der Waals surface area contributed by atoms with Gasteiger partial charge in [-0.15, -0.1) is 0 Å². The highest BCUT2D eigenvalue weighted by atomic mass is 35.5. The molecule has 0 bridgehead atoms. The van der Waals surface area contributed by atoms with Crippen LogP contribution in [0.5, 0.6) is 0 Å². The molecule has 2 N–H and O–H groups in total. The number of ether oxygens (including phenoxy) is 1. The highest BCUT2D eigenvalue weighted by molar-refractivity contribution is 6.31. The van der Waals surface area contributed by atoms with Crippen LogP contribution in [0.2, 0.25) is 5.02 Å². The van der Waals surface area contributed by atoms with Gasteiger partial charge < -0.3 is 15.0 Å². The van der Waals surface area contributed by atoms with Gasteiger partial charge in [-0.25, -0.2) is 19.0 Å². The number of benzene rings is 3. The summed E-state index contributed by atoms with van der Waals surface area (Å²) in [5.41, 5.74) is 1.10. The van der Waals surface area contributed by atoms with Gasteiger partial charge in [-0.05, 0) is 48.1 Å². The molecule has 0 aliphatic carbocycles. The predicted octanol–water partition coefficient (Wildman–Crippen LogP) is 5.86. The molecule has 3 aromatic carbocycles. The Labute approximate surface area is 257 Å². The first-order chi connectivity index (χ1) is 21.2. The Morgan fingerprint density at radius 3 is 2.41 bits per heavy atom. The number of imide groups is 1. The minimum absolute atomic E-state index is 0.0312. The van der Waals surface area contributed by atoms with Crippen LogP contribution in [0.4, 0.5) is 19.8 Å². The predicted molar refractivity (Wildman–Crippen MR) is 163 cm³/mol. The fourth-order valence-corrected chi connectivity index (χ4v) is 5.12. The highest BCUT2D eigenvalue weighted by Crippen LogP contribution is 2.24. The van der Waals surface area contributed by atoms with E-state index in [1.165, 1.54) is 29.0 Å². The smallest absolute Gasteiger partial charge is 0.412 e. The van der Waals surface area contributed by atoms with E-state index in [-0.39, 0.29) is 36.5 Å². The van der Waals surface area contributed by atoms with Crippen LogP contribution in [-0.4, -0.2) is 65.0 Å². The molecule has 1 aliphatic rings. The van der Waals surface area contributed by atoms with Crippen LogP contribution in [0.1, 0.15) is 39.1 Å². The molecule has 5 rings (SSSR count). The van der Waals surface area contributed by atoms with Gasteiger partial charge in [0.25, 0.3) is 11.8 Å². The summed E-state index contributed by atoms with van der Waals surface area (Å²) in [5.74, 6) is -1.05. The molecule has 4 aromatic rings. The SMILES string of the molecule is CN(C(=O)NCc1cccc(F)c1Cl)[C@@H](CCCN1C(=O)c2ccccc2C1=O)COC(=O)Nc1cc2ccccc2cn1. The number of urea groups is 1. The summed E-state index contributed by atoms with van der Waals surface area (Å²) in [6.45, 7) is -0.104. The molecule has 44 heavy (non-hydrogen) atoms. The zero-order valence-corrected chi connectivity index (χ0v) is 24.5. The van der Waals surface area contributed by atoms with Gasteiger partial charge in [0, 0.05) is 31.7 Å². The Hall–Kier alpha value is -5.03. The molecule has 2 heterocycles. The molecule has 0 unspecified atom stereocenters. The van der Waals surface area contributed by atoms with Crippen LogP contribution in [0.25, 0.3) is 10.8 Å². The van der Waals surface area contributed by atoms with E-state index in [0.29, 0.717) is 35.3 Å². The molecule has 1 atom stereocenters. The topological polar surface area (TPSA) is 121 Å². The lowest BCUT2D eigenvalue weighted by atomic mass is 10.1. The van der Waals surface area contributed by atoms with E-state index in [9.17, 15) is 23.6 Å². The van der Waals surface area contributed by atoms with E-state index < -0.39 is 24.0 Å². The number of nitrogens with zero attached hydrogens (tertiary/aromatic N) is 3. The normalized spacial score (nSPS) is 13.0. The minimum atomic E-state index is -0.765. The summed E-state index contributed by atoms with van der Waals surface area (Å²) in [4.78, 5) is 58.1. The first-order valence-corrected chi connectivity index (χ1v) is 14.3. The van der Waals surface area contributed by atoms with Gasteiger partial charge in [-0.1, -0.05) is 60.1 Å². The maximum Gasteiger partial charge on any atom is 0.412 e. The number of hydrogen-bond donors (Lipinski definition) is 2. The standard InChI is InChI=1S/C32H29ClFN5O5/c1-38(31(42)36-18-22-10-6-14-26(34)28(22)33)23(11-7-15-39-29(40)24-12-4-5-13-25(24)30(39)41)19-44-32(43)37-27-16-20-8-2-3-9-21(20)17-35-27/h2-6,8-10,12-14,16-17,23H,7,11,15,18-19H2,1H3,(H,36,42)(H,35,37,43)/t23-/m0/s1. The first kappa shape index (κ1) is 30.4. The van der Waals surface area contributed by atoms with Gasteiger partial charge in [0.05, 0.1) is 22.2 Å². The van der Waals surface area contributed by atoms with Crippen LogP contribution < -0.4 is 10.6 Å². The lowest BCUT2D eigenvalue weighted by Crippen LogP contribution is -2.46. The molecule has 10 nitrogen and oxygen atoms in total. The number of aromatic nitrogens is 1. The van der Waals surface area contributed by atoms with Crippen molar-refractivity contribution in [3.8, 4) is 0 Å². The largest absolute Gasteiger partial charge is 0.447 e. The second-order valence-electron chi connectivity index (χ2n) is 10.2. The van der Waals surface area contributed by atoms with E-state index in [1.54, 1.807) is 42.6 Å². The number of pyridine rings is 1. The van der Waals surface area contributed by atoms with Crippen molar-refractivity contribution < 1.29 is 28.3 Å². The molecule has 0 saturated carbocycles. The van der Waals surface area contributed by atoms with Gasteiger partial charge in [-0.3, -0.25) is 19.8 Å². The molecule has 12 heteroatoms. The Balaban J connectivity index is 1.22. The third kappa shape index (κ3) is 6.78. The Kier molecular flexibility index (Phi) is 9.35. The van der Waals surface area contributed by atoms with Crippen LogP contribution in [0.3, 0.4) is 0 Å². The number of rotatable bonds is 10. The van der Waals surface area contributed by atoms with Crippen molar-refractivity contribution in [1.29, 1.82) is 0 Å². The number of carbonyl (C=O) groups is 4. The van der Waals surface area contributed by atoms with Crippen molar-refractivity contribution in [2.45, 2.75) is 25.4 Å². The van der Waals surface area contributed by atoms with Crippen LogP contribution in [0, 0.1) is 5.82 Å². The van der Waals surface area contributed by atoms with Gasteiger partial charge in [0.15, 0.2) is 0 Å². The third-order valence-corrected chi connectivity index (χ3v) is 7.82. The van der Waals surface area contributed by atoms with Gasteiger partial charge >= 0.3 is 12.1 Å². The van der Waals surface area contributed by atoms with Crippen LogP contribution >= 0.6 is 11.6 Å². The van der Waals surface area contributed by atoms with E-state index >= 15 is 0 Å². The number of halogens is 2. The monoisotopic (exact) mass is 617 g/mol. The number of anilines is 1. The lowest BCUT2D eigenvalue weighted by Gasteiger charge is -2.28. The maximum absolute atomic E-state index is 13.8. The number of fused-ring (bicyclic) bond motifs is 2. The average molecular weight is 618 g/mol. The van der Waals surface area contributed by atoms with E-state index in [0.717, 1.165) is 10.8 Å². The third-order valence-electron chi connectivity index (χ3n) is 7.39. The Morgan fingerprint density at radius 1 is 1.00 bits per heavy atom. The van der Waals surface area contributed by atoms with Crippen LogP contribution in [0.15, 0.2) is 79.0 Å². The molecular formula is C32H29ClFN5O5. The number of amides is 5. The summed E-state index contributed by atoms with van der Waals surface area (Å²) in [6.07, 6.45) is 1.49. The summed E-state index contributed by atoms with van der Waals surface area (Å²) in [7, 11) is 1.53. The van der Waals surface area contributed by atoms with E-state index in [4.69, 9.17) is 16.3 Å². The number of carbonyl (C=O) groups excluding carboxylic acids is 4. The summed E-state index contributed by atoms with van der Waals surface area (Å²) < 4.78 is 19.3. The number of likely N-dealkylation sites (N-methyl/N-ethyl adjacent to an activating group) is 1. The molecule has 1 aromatic heterocycles. The molecule has 0 spiro atoms. The molecule has 0 fully saturated rings. The van der Waals surface area contributed by atoms with Crippen molar-refractivity contribution in [3.63, 3.8) is 0 Å². The Morgan fingerprint density at radius 2 is 1.68 bits per heavy atom. The van der Waals surface area contributed by atoms with Crippen molar-refractivity contribution in [1.82, 2.24) is 20.1 Å². The molecule has 1 aliphatic heterocycles. The van der Waals surface area contributed by atoms with Crippen molar-refractivity contribution in [3.05, 3.63) is 107 Å². The molecular weight excluding hydrogens is 589 g/mol. The molecule has 0 radical (unpaired) electrons. The van der Waals surface area contributed by atoms with Gasteiger partial charge in [-0.2, -0.15) is 0 Å².